The van der Waals surface area contributed by atoms with Crippen molar-refractivity contribution in [3.8, 4) is 11.3 Å². The maximum absolute atomic E-state index is 13.6. The SMILES string of the molecule is O=C(c1cn[nH]c1-c1cccc(F)c1)N1CCC2(CC1)C(=O)Nc1ccccc12. The smallest absolute Gasteiger partial charge is 0.257 e. The zero-order valence-corrected chi connectivity index (χ0v) is 15.6. The number of hydrogen-bond acceptors (Lipinski definition) is 3. The number of nitrogens with zero attached hydrogens (tertiary/aromatic N) is 2. The molecule has 2 aromatic carbocycles. The number of H-pyrrole nitrogens is 1. The van der Waals surface area contributed by atoms with Crippen LogP contribution in [0.1, 0.15) is 28.8 Å². The highest BCUT2D eigenvalue weighted by molar-refractivity contribution is 6.06. The van der Waals surface area contributed by atoms with Crippen LogP contribution in [-0.4, -0.2) is 40.0 Å². The Balaban J connectivity index is 1.38. The van der Waals surface area contributed by atoms with Gasteiger partial charge in [-0.2, -0.15) is 5.10 Å². The average molecular weight is 390 g/mol. The highest BCUT2D eigenvalue weighted by Crippen LogP contribution is 2.45. The molecular weight excluding hydrogens is 371 g/mol. The van der Waals surface area contributed by atoms with Gasteiger partial charge in [0.1, 0.15) is 5.82 Å². The first-order chi connectivity index (χ1) is 14.1. The monoisotopic (exact) mass is 390 g/mol. The number of aromatic nitrogens is 2. The van der Waals surface area contributed by atoms with Crippen LogP contribution in [0.3, 0.4) is 0 Å². The maximum Gasteiger partial charge on any atom is 0.257 e. The van der Waals surface area contributed by atoms with Gasteiger partial charge in [0.15, 0.2) is 0 Å². The molecule has 0 atom stereocenters. The summed E-state index contributed by atoms with van der Waals surface area (Å²) in [5.74, 6) is -0.532. The number of aromatic amines is 1. The lowest BCUT2D eigenvalue weighted by Gasteiger charge is -2.38. The number of para-hydroxylation sites is 1. The molecule has 29 heavy (non-hydrogen) atoms. The Labute approximate surface area is 166 Å². The molecule has 0 radical (unpaired) electrons. The van der Waals surface area contributed by atoms with Gasteiger partial charge in [-0.1, -0.05) is 30.3 Å². The van der Waals surface area contributed by atoms with Crippen LogP contribution in [0.5, 0.6) is 0 Å². The molecule has 0 unspecified atom stereocenters. The number of nitrogens with one attached hydrogen (secondary N) is 2. The minimum atomic E-state index is -0.574. The normalized spacial score (nSPS) is 17.3. The molecule has 3 heterocycles. The Hall–Kier alpha value is -3.48. The first-order valence-corrected chi connectivity index (χ1v) is 9.58. The Morgan fingerprint density at radius 3 is 2.69 bits per heavy atom. The van der Waals surface area contributed by atoms with Crippen LogP contribution >= 0.6 is 0 Å². The number of halogens is 1. The molecule has 1 spiro atoms. The summed E-state index contributed by atoms with van der Waals surface area (Å²) in [5.41, 5.74) is 2.78. The van der Waals surface area contributed by atoms with Crippen molar-refractivity contribution in [2.75, 3.05) is 18.4 Å². The number of rotatable bonds is 2. The molecule has 7 heteroatoms. The number of benzene rings is 2. The Kier molecular flexibility index (Phi) is 3.97. The molecule has 0 saturated carbocycles. The van der Waals surface area contributed by atoms with Crippen LogP contribution in [0.4, 0.5) is 10.1 Å². The Morgan fingerprint density at radius 1 is 1.10 bits per heavy atom. The number of hydrogen-bond donors (Lipinski definition) is 2. The van der Waals surface area contributed by atoms with Gasteiger partial charge in [0, 0.05) is 24.3 Å². The molecule has 5 rings (SSSR count). The Morgan fingerprint density at radius 2 is 1.90 bits per heavy atom. The lowest BCUT2D eigenvalue weighted by Crippen LogP contribution is -2.48. The van der Waals surface area contributed by atoms with Crippen LogP contribution < -0.4 is 5.32 Å². The third-order valence-corrected chi connectivity index (χ3v) is 6.01. The van der Waals surface area contributed by atoms with Crippen LogP contribution in [0, 0.1) is 5.82 Å². The standard InChI is InChI=1S/C22H19FN4O2/c23-15-5-3-4-14(12-15)19-16(13-24-26-19)20(28)27-10-8-22(9-11-27)17-6-1-2-7-18(17)25-21(22)29/h1-7,12-13H,8-11H2,(H,24,26)(H,25,29). The lowest BCUT2D eigenvalue weighted by molar-refractivity contribution is -0.122. The first-order valence-electron chi connectivity index (χ1n) is 9.58. The lowest BCUT2D eigenvalue weighted by atomic mass is 9.73. The van der Waals surface area contributed by atoms with E-state index in [4.69, 9.17) is 0 Å². The highest BCUT2D eigenvalue weighted by Gasteiger charge is 2.48. The van der Waals surface area contributed by atoms with Crippen molar-refractivity contribution in [2.45, 2.75) is 18.3 Å². The van der Waals surface area contributed by atoms with E-state index in [1.54, 1.807) is 17.0 Å². The number of fused-ring (bicyclic) bond motifs is 2. The van der Waals surface area contributed by atoms with Crippen molar-refractivity contribution < 1.29 is 14.0 Å². The molecule has 2 amide bonds. The summed E-state index contributed by atoms with van der Waals surface area (Å²) < 4.78 is 13.6. The average Bonchev–Trinajstić information content (AvgIpc) is 3.32. The predicted molar refractivity (Wildman–Crippen MR) is 106 cm³/mol. The van der Waals surface area contributed by atoms with Crippen LogP contribution in [0.2, 0.25) is 0 Å². The summed E-state index contributed by atoms with van der Waals surface area (Å²) in [7, 11) is 0. The fraction of sp³-hybridized carbons (Fsp3) is 0.227. The number of carbonyl (C=O) groups excluding carboxylic acids is 2. The van der Waals surface area contributed by atoms with E-state index in [0.29, 0.717) is 42.8 Å². The molecule has 1 saturated heterocycles. The van der Waals surface area contributed by atoms with E-state index in [-0.39, 0.29) is 17.6 Å². The van der Waals surface area contributed by atoms with E-state index >= 15 is 0 Å². The van der Waals surface area contributed by atoms with E-state index in [1.807, 2.05) is 24.3 Å². The predicted octanol–water partition coefficient (Wildman–Crippen LogP) is 3.34. The molecule has 6 nitrogen and oxygen atoms in total. The van der Waals surface area contributed by atoms with E-state index in [0.717, 1.165) is 11.3 Å². The van der Waals surface area contributed by atoms with Gasteiger partial charge in [-0.25, -0.2) is 4.39 Å². The molecule has 2 aliphatic rings. The third-order valence-electron chi connectivity index (χ3n) is 6.01. The van der Waals surface area contributed by atoms with Crippen molar-refractivity contribution in [2.24, 2.45) is 0 Å². The first kappa shape index (κ1) is 17.6. The van der Waals surface area contributed by atoms with Gasteiger partial charge >= 0.3 is 0 Å². The molecule has 2 aliphatic heterocycles. The number of amides is 2. The fourth-order valence-corrected chi connectivity index (χ4v) is 4.44. The van der Waals surface area contributed by atoms with Crippen LogP contribution in [-0.2, 0) is 10.2 Å². The van der Waals surface area contributed by atoms with Crippen molar-refractivity contribution in [1.82, 2.24) is 15.1 Å². The van der Waals surface area contributed by atoms with Crippen molar-refractivity contribution in [3.05, 3.63) is 71.7 Å². The number of anilines is 1. The molecule has 0 bridgehead atoms. The van der Waals surface area contributed by atoms with E-state index in [1.165, 1.54) is 18.3 Å². The minimum absolute atomic E-state index is 0.00885. The summed E-state index contributed by atoms with van der Waals surface area (Å²) in [4.78, 5) is 27.6. The van der Waals surface area contributed by atoms with E-state index in [2.05, 4.69) is 15.5 Å². The van der Waals surface area contributed by atoms with Gasteiger partial charge in [-0.15, -0.1) is 0 Å². The molecule has 2 N–H and O–H groups in total. The maximum atomic E-state index is 13.6. The topological polar surface area (TPSA) is 78.1 Å². The zero-order valence-electron chi connectivity index (χ0n) is 15.6. The van der Waals surface area contributed by atoms with Gasteiger partial charge in [-0.05, 0) is 36.6 Å². The van der Waals surface area contributed by atoms with E-state index < -0.39 is 5.41 Å². The molecule has 0 aliphatic carbocycles. The third kappa shape index (κ3) is 2.73. The highest BCUT2D eigenvalue weighted by atomic mass is 19.1. The second kappa shape index (κ2) is 6.55. The molecule has 146 valence electrons. The quantitative estimate of drug-likeness (QED) is 0.705. The van der Waals surface area contributed by atoms with E-state index in [9.17, 15) is 14.0 Å². The van der Waals surface area contributed by atoms with Gasteiger partial charge < -0.3 is 10.2 Å². The minimum Gasteiger partial charge on any atom is -0.338 e. The molecular formula is C22H19FN4O2. The van der Waals surface area contributed by atoms with Gasteiger partial charge in [0.2, 0.25) is 5.91 Å². The summed E-state index contributed by atoms with van der Waals surface area (Å²) in [6, 6.07) is 13.8. The van der Waals surface area contributed by atoms with Gasteiger partial charge in [0.25, 0.3) is 5.91 Å². The van der Waals surface area contributed by atoms with Gasteiger partial charge in [0.05, 0.1) is 22.9 Å². The summed E-state index contributed by atoms with van der Waals surface area (Å²) >= 11 is 0. The van der Waals surface area contributed by atoms with Crippen molar-refractivity contribution in [3.63, 3.8) is 0 Å². The zero-order chi connectivity index (χ0) is 20.0. The second-order valence-electron chi connectivity index (χ2n) is 7.54. The summed E-state index contributed by atoms with van der Waals surface area (Å²) in [6.07, 6.45) is 2.61. The Bertz CT molecular complexity index is 1120. The van der Waals surface area contributed by atoms with Crippen molar-refractivity contribution in [1.29, 1.82) is 0 Å². The molecule has 3 aromatic rings. The van der Waals surface area contributed by atoms with Crippen molar-refractivity contribution >= 4 is 17.5 Å². The number of likely N-dealkylation sites (tertiary alicyclic amines) is 1. The summed E-state index contributed by atoms with van der Waals surface area (Å²) in [5, 5.41) is 9.78. The fourth-order valence-electron chi connectivity index (χ4n) is 4.44. The van der Waals surface area contributed by atoms with Gasteiger partial charge in [-0.3, -0.25) is 14.7 Å². The van der Waals surface area contributed by atoms with Crippen LogP contribution in [0.25, 0.3) is 11.3 Å². The molecule has 1 aromatic heterocycles. The molecule has 1 fully saturated rings. The number of piperidine rings is 1. The van der Waals surface area contributed by atoms with Crippen LogP contribution in [0.15, 0.2) is 54.7 Å². The largest absolute Gasteiger partial charge is 0.338 e. The summed E-state index contributed by atoms with van der Waals surface area (Å²) in [6.45, 7) is 0.933. The number of carbonyl (C=O) groups is 2. The second-order valence-corrected chi connectivity index (χ2v) is 7.54.